The van der Waals surface area contributed by atoms with Gasteiger partial charge < -0.3 is 14.2 Å². The van der Waals surface area contributed by atoms with Crippen molar-refractivity contribution in [3.05, 3.63) is 84.9 Å². The van der Waals surface area contributed by atoms with Gasteiger partial charge >= 0.3 is 0 Å². The summed E-state index contributed by atoms with van der Waals surface area (Å²) in [6, 6.07) is 24.3. The molecule has 0 saturated heterocycles. The normalized spacial score (nSPS) is 10.4. The maximum Gasteiger partial charge on any atom is 0.119 e. The fourth-order valence-electron chi connectivity index (χ4n) is 3.16. The Labute approximate surface area is 179 Å². The molecule has 0 aliphatic carbocycles. The van der Waals surface area contributed by atoms with Crippen LogP contribution in [-0.4, -0.2) is 20.3 Å². The molecule has 0 aliphatic heterocycles. The molecule has 3 heteroatoms. The topological polar surface area (TPSA) is 27.7 Å². The van der Waals surface area contributed by atoms with Gasteiger partial charge in [0.05, 0.1) is 20.3 Å². The van der Waals surface area contributed by atoms with E-state index in [2.05, 4.69) is 30.8 Å². The molecule has 0 N–H and O–H groups in total. The maximum absolute atomic E-state index is 5.87. The van der Waals surface area contributed by atoms with Crippen LogP contribution in [0.25, 0.3) is 17.2 Å². The number of ether oxygens (including phenoxy) is 3. The van der Waals surface area contributed by atoms with Crippen molar-refractivity contribution in [3.63, 3.8) is 0 Å². The molecule has 3 rings (SSSR count). The van der Waals surface area contributed by atoms with Crippen LogP contribution in [0.1, 0.15) is 31.2 Å². The van der Waals surface area contributed by atoms with E-state index < -0.39 is 0 Å². The molecule has 0 saturated carbocycles. The third-order valence-corrected chi connectivity index (χ3v) is 4.97. The van der Waals surface area contributed by atoms with Gasteiger partial charge in [-0.3, -0.25) is 0 Å². The van der Waals surface area contributed by atoms with Crippen molar-refractivity contribution in [2.24, 2.45) is 0 Å². The summed E-state index contributed by atoms with van der Waals surface area (Å²) in [4.78, 5) is 0. The third kappa shape index (κ3) is 6.70. The van der Waals surface area contributed by atoms with E-state index in [-0.39, 0.29) is 0 Å². The molecule has 30 heavy (non-hydrogen) atoms. The highest BCUT2D eigenvalue weighted by Crippen LogP contribution is 2.24. The number of hydrogen-bond acceptors (Lipinski definition) is 3. The predicted octanol–water partition coefficient (Wildman–Crippen LogP) is 7.02. The second-order valence-electron chi connectivity index (χ2n) is 7.14. The zero-order chi connectivity index (χ0) is 21.0. The van der Waals surface area contributed by atoms with Crippen molar-refractivity contribution in [1.82, 2.24) is 0 Å². The predicted molar refractivity (Wildman–Crippen MR) is 124 cm³/mol. The standard InChI is InChI=1S/C27H30O3/c1-3-22-8-14-26(15-9-22)29-20-6-4-5-7-21-30-27-18-12-24(13-19-27)23-10-16-25(28-2)17-11-23/h3,8-19H,1,4-7,20-21H2,2H3. The first-order valence-electron chi connectivity index (χ1n) is 10.5. The van der Waals surface area contributed by atoms with E-state index in [0.29, 0.717) is 0 Å². The Balaban J connectivity index is 1.28. The number of rotatable bonds is 12. The molecule has 0 atom stereocenters. The lowest BCUT2D eigenvalue weighted by Crippen LogP contribution is -2.00. The summed E-state index contributed by atoms with van der Waals surface area (Å²) in [6.07, 6.45) is 6.22. The monoisotopic (exact) mass is 402 g/mol. The molecule has 0 aromatic heterocycles. The molecule has 156 valence electrons. The minimum absolute atomic E-state index is 0.742. The highest BCUT2D eigenvalue weighted by molar-refractivity contribution is 5.64. The van der Waals surface area contributed by atoms with Gasteiger partial charge in [0.15, 0.2) is 0 Å². The van der Waals surface area contributed by atoms with E-state index in [1.165, 1.54) is 11.1 Å². The smallest absolute Gasteiger partial charge is 0.119 e. The van der Waals surface area contributed by atoms with Crippen LogP contribution >= 0.6 is 0 Å². The Morgan fingerprint density at radius 2 is 1.03 bits per heavy atom. The summed E-state index contributed by atoms with van der Waals surface area (Å²) in [5.41, 5.74) is 3.45. The Bertz CT molecular complexity index is 881. The van der Waals surface area contributed by atoms with E-state index in [1.807, 2.05) is 54.6 Å². The molecule has 0 fully saturated rings. The lowest BCUT2D eigenvalue weighted by molar-refractivity contribution is 0.287. The summed E-state index contributed by atoms with van der Waals surface area (Å²) in [6.45, 7) is 5.25. The van der Waals surface area contributed by atoms with Crippen molar-refractivity contribution < 1.29 is 14.2 Å². The van der Waals surface area contributed by atoms with Crippen LogP contribution < -0.4 is 14.2 Å². The number of unbranched alkanes of at least 4 members (excludes halogenated alkanes) is 3. The molecule has 0 amide bonds. The highest BCUT2D eigenvalue weighted by atomic mass is 16.5. The van der Waals surface area contributed by atoms with Crippen LogP contribution in [0.4, 0.5) is 0 Å². The maximum atomic E-state index is 5.87. The van der Waals surface area contributed by atoms with Gasteiger partial charge in [-0.05, 0) is 78.8 Å². The van der Waals surface area contributed by atoms with Gasteiger partial charge in [0, 0.05) is 0 Å². The minimum Gasteiger partial charge on any atom is -0.497 e. The second kappa shape index (κ2) is 11.7. The number of methoxy groups -OCH3 is 1. The Kier molecular flexibility index (Phi) is 8.40. The van der Waals surface area contributed by atoms with Gasteiger partial charge in [-0.2, -0.15) is 0 Å². The average Bonchev–Trinajstić information content (AvgIpc) is 2.81. The molecule has 3 nitrogen and oxygen atoms in total. The van der Waals surface area contributed by atoms with Crippen molar-refractivity contribution in [3.8, 4) is 28.4 Å². The van der Waals surface area contributed by atoms with Crippen molar-refractivity contribution in [1.29, 1.82) is 0 Å². The number of hydrogen-bond donors (Lipinski definition) is 0. The zero-order valence-corrected chi connectivity index (χ0v) is 17.7. The van der Waals surface area contributed by atoms with Gasteiger partial charge in [0.25, 0.3) is 0 Å². The Morgan fingerprint density at radius 3 is 1.47 bits per heavy atom. The first-order valence-corrected chi connectivity index (χ1v) is 10.5. The molecule has 0 bridgehead atoms. The second-order valence-corrected chi connectivity index (χ2v) is 7.14. The molecular formula is C27H30O3. The van der Waals surface area contributed by atoms with Crippen molar-refractivity contribution in [2.45, 2.75) is 25.7 Å². The SMILES string of the molecule is C=Cc1ccc(OCCCCCCOc2ccc(-c3ccc(OC)cc3)cc2)cc1. The van der Waals surface area contributed by atoms with E-state index >= 15 is 0 Å². The van der Waals surface area contributed by atoms with Crippen LogP contribution in [0.3, 0.4) is 0 Å². The van der Waals surface area contributed by atoms with Gasteiger partial charge in [0.1, 0.15) is 17.2 Å². The fraction of sp³-hybridized carbons (Fsp3) is 0.259. The molecule has 0 heterocycles. The summed E-state index contributed by atoms with van der Waals surface area (Å²) < 4.78 is 16.8. The van der Waals surface area contributed by atoms with Gasteiger partial charge in [-0.15, -0.1) is 0 Å². The van der Waals surface area contributed by atoms with Crippen molar-refractivity contribution >= 4 is 6.08 Å². The first kappa shape index (κ1) is 21.5. The first-order chi connectivity index (χ1) is 14.8. The van der Waals surface area contributed by atoms with E-state index in [1.54, 1.807) is 7.11 Å². The summed E-state index contributed by atoms with van der Waals surface area (Å²) in [7, 11) is 1.68. The van der Waals surface area contributed by atoms with Crippen LogP contribution in [0.2, 0.25) is 0 Å². The Morgan fingerprint density at radius 1 is 0.600 bits per heavy atom. The quantitative estimate of drug-likeness (QED) is 0.305. The number of benzene rings is 3. The summed E-state index contributed by atoms with van der Waals surface area (Å²) >= 11 is 0. The van der Waals surface area contributed by atoms with Crippen LogP contribution in [-0.2, 0) is 0 Å². The molecule has 0 radical (unpaired) electrons. The molecule has 0 unspecified atom stereocenters. The van der Waals surface area contributed by atoms with Crippen LogP contribution in [0.5, 0.6) is 17.2 Å². The highest BCUT2D eigenvalue weighted by Gasteiger charge is 2.00. The van der Waals surface area contributed by atoms with Gasteiger partial charge in [-0.1, -0.05) is 49.1 Å². The van der Waals surface area contributed by atoms with E-state index in [9.17, 15) is 0 Å². The summed E-state index contributed by atoms with van der Waals surface area (Å²) in [5.74, 6) is 2.70. The van der Waals surface area contributed by atoms with E-state index in [0.717, 1.165) is 61.7 Å². The minimum atomic E-state index is 0.742. The molecular weight excluding hydrogens is 372 g/mol. The van der Waals surface area contributed by atoms with E-state index in [4.69, 9.17) is 14.2 Å². The van der Waals surface area contributed by atoms with Crippen molar-refractivity contribution in [2.75, 3.05) is 20.3 Å². The molecule has 0 aliphatic rings. The largest absolute Gasteiger partial charge is 0.497 e. The van der Waals surface area contributed by atoms with Crippen LogP contribution in [0.15, 0.2) is 79.4 Å². The van der Waals surface area contributed by atoms with Gasteiger partial charge in [-0.25, -0.2) is 0 Å². The van der Waals surface area contributed by atoms with Gasteiger partial charge in [0.2, 0.25) is 0 Å². The lowest BCUT2D eigenvalue weighted by Gasteiger charge is -2.09. The molecule has 3 aromatic rings. The molecule has 0 spiro atoms. The fourth-order valence-corrected chi connectivity index (χ4v) is 3.16. The third-order valence-electron chi connectivity index (χ3n) is 4.97. The van der Waals surface area contributed by atoms with Crippen LogP contribution in [0, 0.1) is 0 Å². The summed E-state index contributed by atoms with van der Waals surface area (Å²) in [5, 5.41) is 0. The Hall–Kier alpha value is -3.20. The average molecular weight is 403 g/mol. The lowest BCUT2D eigenvalue weighted by atomic mass is 10.1. The zero-order valence-electron chi connectivity index (χ0n) is 17.7. The molecule has 3 aromatic carbocycles.